The molecule has 0 fully saturated rings. The second-order valence-electron chi connectivity index (χ2n) is 29.3. The van der Waals surface area contributed by atoms with Gasteiger partial charge in [0, 0.05) is 38.5 Å². The van der Waals surface area contributed by atoms with Crippen LogP contribution in [0.3, 0.4) is 0 Å². The van der Waals surface area contributed by atoms with E-state index in [1.165, 1.54) is 5.56 Å². The molecule has 84 heavy (non-hydrogen) atoms. The Morgan fingerprint density at radius 3 is 0.500 bits per heavy atom. The molecule has 0 aliphatic heterocycles. The van der Waals surface area contributed by atoms with Crippen LogP contribution in [0.2, 0.25) is 0 Å². The summed E-state index contributed by atoms with van der Waals surface area (Å²) >= 11 is 0. The first-order chi connectivity index (χ1) is 39.1. The first-order valence-electron chi connectivity index (χ1n) is 29.7. The largest absolute Gasteiger partial charge is 0.496 e. The fraction of sp³-hybridized carbons (Fsp3) is 0.480. The molecule has 0 spiro atoms. The van der Waals surface area contributed by atoms with Gasteiger partial charge in [-0.15, -0.1) is 0 Å². The molecule has 0 unspecified atom stereocenters. The summed E-state index contributed by atoms with van der Waals surface area (Å²) in [6.45, 7) is 39.7. The molecular formula is C75H93N3O6. The van der Waals surface area contributed by atoms with Crippen molar-refractivity contribution in [2.45, 2.75) is 196 Å². The van der Waals surface area contributed by atoms with Gasteiger partial charge in [-0.3, -0.25) is 0 Å². The van der Waals surface area contributed by atoms with Crippen LogP contribution in [0.4, 0.5) is 0 Å². The van der Waals surface area contributed by atoms with E-state index >= 15 is 0 Å². The molecule has 6 aromatic carbocycles. The molecule has 0 saturated carbocycles. The maximum atomic E-state index is 10.3. The van der Waals surface area contributed by atoms with E-state index < -0.39 is 0 Å². The molecule has 0 aromatic heterocycles. The lowest BCUT2D eigenvalue weighted by Gasteiger charge is -2.28. The van der Waals surface area contributed by atoms with Crippen molar-refractivity contribution in [1.29, 1.82) is 15.8 Å². The molecule has 1 aliphatic rings. The van der Waals surface area contributed by atoms with Crippen molar-refractivity contribution in [1.82, 2.24) is 0 Å². The van der Waals surface area contributed by atoms with Crippen LogP contribution in [-0.4, -0.2) is 41.2 Å². The number of nitrogens with zero attached hydrogens (tertiary/aromatic N) is 3. The highest BCUT2D eigenvalue weighted by Crippen LogP contribution is 2.46. The highest BCUT2D eigenvalue weighted by Gasteiger charge is 2.31. The van der Waals surface area contributed by atoms with Gasteiger partial charge in [-0.05, 0) is 133 Å². The maximum absolute atomic E-state index is 10.3. The van der Waals surface area contributed by atoms with Gasteiger partial charge in [0.05, 0.1) is 21.3 Å². The molecule has 0 heterocycles. The van der Waals surface area contributed by atoms with Crippen molar-refractivity contribution in [3.63, 3.8) is 0 Å². The highest BCUT2D eigenvalue weighted by molar-refractivity contribution is 5.61. The molecule has 0 N–H and O–H groups in total. The highest BCUT2D eigenvalue weighted by atomic mass is 16.5. The van der Waals surface area contributed by atoms with Gasteiger partial charge in [0.15, 0.2) is 19.8 Å². The molecular weight excluding hydrogens is 1040 g/mol. The van der Waals surface area contributed by atoms with Crippen LogP contribution in [0, 0.1) is 34.0 Å². The maximum Gasteiger partial charge on any atom is 0.174 e. The van der Waals surface area contributed by atoms with Crippen LogP contribution in [-0.2, 0) is 71.0 Å². The summed E-state index contributed by atoms with van der Waals surface area (Å²) in [5, 5.41) is 30.8. The summed E-state index contributed by atoms with van der Waals surface area (Å²) in [4.78, 5) is 0. The number of fused-ring (bicyclic) bond motifs is 12. The van der Waals surface area contributed by atoms with E-state index in [1.54, 1.807) is 21.3 Å². The van der Waals surface area contributed by atoms with E-state index in [4.69, 9.17) is 28.4 Å². The van der Waals surface area contributed by atoms with Gasteiger partial charge in [0.25, 0.3) is 0 Å². The Labute approximate surface area is 504 Å². The lowest BCUT2D eigenvalue weighted by atomic mass is 9.79. The smallest absolute Gasteiger partial charge is 0.174 e. The molecule has 0 amide bonds. The lowest BCUT2D eigenvalue weighted by Crippen LogP contribution is -2.17. The normalized spacial score (nSPS) is 13.4. The molecule has 0 atom stereocenters. The Balaban J connectivity index is 1.71. The van der Waals surface area contributed by atoms with Crippen LogP contribution in [0.5, 0.6) is 34.5 Å². The van der Waals surface area contributed by atoms with Crippen LogP contribution in [0.1, 0.15) is 225 Å². The number of rotatable bonds is 9. The van der Waals surface area contributed by atoms with E-state index in [9.17, 15) is 15.8 Å². The third-order valence-electron chi connectivity index (χ3n) is 16.4. The van der Waals surface area contributed by atoms with Gasteiger partial charge in [-0.25, -0.2) is 0 Å². The average molecular weight is 1130 g/mol. The monoisotopic (exact) mass is 1130 g/mol. The van der Waals surface area contributed by atoms with E-state index in [0.29, 0.717) is 55.8 Å². The van der Waals surface area contributed by atoms with Crippen molar-refractivity contribution in [2.24, 2.45) is 0 Å². The standard InChI is InChI=1S/C75H93N3O6/c1-70(2,3)58-34-46-28-48-36-59(71(4,5)6)38-50(65(48)80-20)30-52-40-61(73(10,11)12)42-54(67(52)82-25-22-76)32-56-44-63(75(16,17)18)45-57(69(56)84-27-24-78)33-55-43-62(74(13,14)15)41-53(68(55)83-26-23-77)31-51-39-60(72(7,8)9)37-49(66(51)81-21)29-47(35-58)64(46)79-19/h34-45H,25-33H2,1-21H3. The molecule has 9 nitrogen and oxygen atoms in total. The van der Waals surface area contributed by atoms with Crippen LogP contribution < -0.4 is 28.4 Å². The first kappa shape index (κ1) is 64.2. The van der Waals surface area contributed by atoms with E-state index in [-0.39, 0.29) is 52.3 Å². The summed E-state index contributed by atoms with van der Waals surface area (Å²) in [5.74, 6) is 4.24. The predicted octanol–water partition coefficient (Wildman–Crippen LogP) is 17.1. The molecule has 9 heteroatoms. The Kier molecular flexibility index (Phi) is 18.8. The molecule has 1 aliphatic carbocycles. The zero-order valence-electron chi connectivity index (χ0n) is 54.6. The zero-order chi connectivity index (χ0) is 62.1. The van der Waals surface area contributed by atoms with Crippen LogP contribution >= 0.6 is 0 Å². The molecule has 0 saturated heterocycles. The number of methoxy groups -OCH3 is 3. The fourth-order valence-electron chi connectivity index (χ4n) is 11.6. The summed E-state index contributed by atoms with van der Waals surface area (Å²) in [7, 11) is 5.30. The van der Waals surface area contributed by atoms with E-state index in [1.807, 2.05) is 0 Å². The number of ether oxygens (including phenoxy) is 6. The Morgan fingerprint density at radius 2 is 0.393 bits per heavy atom. The summed E-state index contributed by atoms with van der Waals surface area (Å²) < 4.78 is 40.0. The minimum Gasteiger partial charge on any atom is -0.496 e. The fourth-order valence-corrected chi connectivity index (χ4v) is 11.6. The molecule has 0 radical (unpaired) electrons. The predicted molar refractivity (Wildman–Crippen MR) is 341 cm³/mol. The summed E-state index contributed by atoms with van der Waals surface area (Å²) in [6, 6.07) is 34.0. The number of nitriles is 3. The first-order valence-corrected chi connectivity index (χ1v) is 29.7. The van der Waals surface area contributed by atoms with Crippen molar-refractivity contribution in [2.75, 3.05) is 41.2 Å². The minimum absolute atomic E-state index is 0.165. The SMILES string of the molecule is COc1c2cc(C(C)(C)C)cc1Cc1cc(C(C)(C)C)cc(c1OC)Cc1cc(C(C)(C)C)cc(c1OCC#N)Cc1cc(C(C)(C)C)cc(c1OCC#N)Cc1cc(C(C)(C)C)cc(c1OCC#N)Cc1cc(C(C)(C)C)cc(c1OC)C2. The summed E-state index contributed by atoms with van der Waals surface area (Å²) in [5.41, 5.74) is 16.8. The second-order valence-corrected chi connectivity index (χ2v) is 29.3. The molecule has 12 bridgehead atoms. The van der Waals surface area contributed by atoms with Crippen molar-refractivity contribution >= 4 is 0 Å². The van der Waals surface area contributed by atoms with Gasteiger partial charge in [0.2, 0.25) is 0 Å². The molecule has 6 aromatic rings. The zero-order valence-corrected chi connectivity index (χ0v) is 54.6. The third kappa shape index (κ3) is 14.6. The van der Waals surface area contributed by atoms with E-state index in [0.717, 1.165) is 112 Å². The minimum atomic E-state index is -0.311. The Morgan fingerprint density at radius 1 is 0.262 bits per heavy atom. The lowest BCUT2D eigenvalue weighted by molar-refractivity contribution is 0.354. The van der Waals surface area contributed by atoms with E-state index in [2.05, 4.69) is 216 Å². The molecule has 444 valence electrons. The van der Waals surface area contributed by atoms with Crippen LogP contribution in [0.15, 0.2) is 72.8 Å². The molecule has 7 rings (SSSR count). The average Bonchev–Trinajstić information content (AvgIpc) is 1.99. The van der Waals surface area contributed by atoms with Gasteiger partial charge >= 0.3 is 0 Å². The topological polar surface area (TPSA) is 127 Å². The quantitative estimate of drug-likeness (QED) is 0.139. The van der Waals surface area contributed by atoms with Gasteiger partial charge in [-0.2, -0.15) is 15.8 Å². The Hall–Kier alpha value is -7.41. The Bertz CT molecular complexity index is 3350. The number of hydrogen-bond donors (Lipinski definition) is 0. The second kappa shape index (κ2) is 24.7. The van der Waals surface area contributed by atoms with Crippen molar-refractivity contribution in [3.8, 4) is 52.7 Å². The van der Waals surface area contributed by atoms with Crippen LogP contribution in [0.25, 0.3) is 0 Å². The number of benzene rings is 6. The third-order valence-corrected chi connectivity index (χ3v) is 16.4. The number of hydrogen-bond acceptors (Lipinski definition) is 9. The van der Waals surface area contributed by atoms with Gasteiger partial charge < -0.3 is 28.4 Å². The van der Waals surface area contributed by atoms with Crippen molar-refractivity contribution in [3.05, 3.63) is 173 Å². The van der Waals surface area contributed by atoms with Crippen molar-refractivity contribution < 1.29 is 28.4 Å². The van der Waals surface area contributed by atoms with Gasteiger partial charge in [-0.1, -0.05) is 197 Å². The van der Waals surface area contributed by atoms with Gasteiger partial charge in [0.1, 0.15) is 52.7 Å². The summed E-state index contributed by atoms with van der Waals surface area (Å²) in [6.07, 6.45) is 2.65.